The third kappa shape index (κ3) is 5.91. The fourth-order valence-corrected chi connectivity index (χ4v) is 4.00. The number of nitrogens with zero attached hydrogens (tertiary/aromatic N) is 3. The molecule has 0 unspecified atom stereocenters. The van der Waals surface area contributed by atoms with Crippen molar-refractivity contribution < 1.29 is 19.1 Å². The summed E-state index contributed by atoms with van der Waals surface area (Å²) >= 11 is 1.60. The molecule has 3 heterocycles. The number of aryl methyl sites for hydroxylation is 1. The van der Waals surface area contributed by atoms with Crippen LogP contribution in [0.3, 0.4) is 0 Å². The predicted octanol–water partition coefficient (Wildman–Crippen LogP) is 4.32. The maximum Gasteiger partial charge on any atom is 0.339 e. The van der Waals surface area contributed by atoms with Gasteiger partial charge in [0.05, 0.1) is 43.9 Å². The van der Waals surface area contributed by atoms with Crippen LogP contribution in [0.1, 0.15) is 52.2 Å². The van der Waals surface area contributed by atoms with Gasteiger partial charge in [0.1, 0.15) is 5.82 Å². The normalized spacial score (nSPS) is 11.4. The third-order valence-electron chi connectivity index (χ3n) is 5.00. The Hall–Kier alpha value is -3.26. The Morgan fingerprint density at radius 2 is 1.97 bits per heavy atom. The van der Waals surface area contributed by atoms with Crippen LogP contribution in [-0.2, 0) is 33.7 Å². The van der Waals surface area contributed by atoms with Gasteiger partial charge in [-0.1, -0.05) is 19.4 Å². The van der Waals surface area contributed by atoms with E-state index in [1.54, 1.807) is 29.7 Å². The minimum absolute atomic E-state index is 0.359. The molecule has 0 amide bonds. The minimum atomic E-state index is -0.421. The average molecular weight is 454 g/mol. The summed E-state index contributed by atoms with van der Waals surface area (Å²) in [6, 6.07) is 7.46. The van der Waals surface area contributed by atoms with Crippen molar-refractivity contribution in [2.24, 2.45) is 0 Å². The van der Waals surface area contributed by atoms with Gasteiger partial charge in [-0.25, -0.2) is 14.6 Å². The first-order valence-electron chi connectivity index (χ1n) is 10.4. The number of methoxy groups -OCH3 is 2. The lowest BCUT2D eigenvalue weighted by atomic mass is 10.1. The van der Waals surface area contributed by atoms with Crippen LogP contribution in [0, 0.1) is 0 Å². The highest BCUT2D eigenvalue weighted by atomic mass is 32.1. The molecule has 0 saturated heterocycles. The van der Waals surface area contributed by atoms with Crippen LogP contribution < -0.4 is 0 Å². The summed E-state index contributed by atoms with van der Waals surface area (Å²) in [5.41, 5.74) is 2.55. The van der Waals surface area contributed by atoms with Crippen molar-refractivity contribution in [3.05, 3.63) is 75.3 Å². The Balaban J connectivity index is 1.94. The Morgan fingerprint density at radius 3 is 2.59 bits per heavy atom. The molecule has 8 heteroatoms. The van der Waals surface area contributed by atoms with E-state index in [-0.39, 0.29) is 5.97 Å². The molecule has 3 aromatic heterocycles. The molecule has 0 radical (unpaired) electrons. The highest BCUT2D eigenvalue weighted by molar-refractivity contribution is 7.09. The fourth-order valence-electron chi connectivity index (χ4n) is 3.27. The number of aromatic nitrogens is 3. The lowest BCUT2D eigenvalue weighted by molar-refractivity contribution is -0.136. The molecule has 3 aromatic rings. The van der Waals surface area contributed by atoms with Crippen molar-refractivity contribution in [1.29, 1.82) is 0 Å². The monoisotopic (exact) mass is 453 g/mol. The lowest BCUT2D eigenvalue weighted by Crippen LogP contribution is -2.11. The quantitative estimate of drug-likeness (QED) is 0.336. The summed E-state index contributed by atoms with van der Waals surface area (Å²) in [6.07, 6.45) is 8.51. The smallest absolute Gasteiger partial charge is 0.339 e. The standard InChI is InChI=1S/C24H27N3O4S/c1-4-5-8-22-26-15-20(12-18(24(29)31-3)13-21-7-6-11-32-21)27(22)16-19-10-9-17(14-25-19)23(28)30-2/h6-7,9-12,14-15H,4-5,8,13,16H2,1-3H3/b18-12+. The van der Waals surface area contributed by atoms with E-state index in [4.69, 9.17) is 9.47 Å². The fraction of sp³-hybridized carbons (Fsp3) is 0.333. The second-order valence-corrected chi connectivity index (χ2v) is 8.27. The van der Waals surface area contributed by atoms with Crippen molar-refractivity contribution in [1.82, 2.24) is 14.5 Å². The average Bonchev–Trinajstić information content (AvgIpc) is 3.47. The highest BCUT2D eigenvalue weighted by Crippen LogP contribution is 2.20. The first kappa shape index (κ1) is 23.4. The Bertz CT molecular complexity index is 1070. The summed E-state index contributed by atoms with van der Waals surface area (Å²) in [6.45, 7) is 2.61. The lowest BCUT2D eigenvalue weighted by Gasteiger charge is -2.12. The maximum atomic E-state index is 12.4. The summed E-state index contributed by atoms with van der Waals surface area (Å²) < 4.78 is 11.8. The molecule has 0 aliphatic carbocycles. The first-order chi connectivity index (χ1) is 15.5. The molecule has 32 heavy (non-hydrogen) atoms. The Morgan fingerprint density at radius 1 is 1.12 bits per heavy atom. The van der Waals surface area contributed by atoms with E-state index in [9.17, 15) is 9.59 Å². The van der Waals surface area contributed by atoms with E-state index >= 15 is 0 Å². The molecule has 0 aromatic carbocycles. The molecule has 0 saturated carbocycles. The number of imidazole rings is 1. The molecule has 0 bridgehead atoms. The number of carbonyl (C=O) groups is 2. The van der Waals surface area contributed by atoms with E-state index < -0.39 is 5.97 Å². The number of esters is 2. The number of thiophene rings is 1. The van der Waals surface area contributed by atoms with E-state index in [1.807, 2.05) is 23.6 Å². The number of ether oxygens (including phenoxy) is 2. The number of pyridine rings is 1. The molecule has 0 atom stereocenters. The predicted molar refractivity (Wildman–Crippen MR) is 124 cm³/mol. The largest absolute Gasteiger partial charge is 0.466 e. The van der Waals surface area contributed by atoms with Gasteiger partial charge in [0.2, 0.25) is 0 Å². The van der Waals surface area contributed by atoms with Crippen LogP contribution >= 0.6 is 11.3 Å². The molecule has 0 aliphatic rings. The van der Waals surface area contributed by atoms with Gasteiger partial charge in [-0.2, -0.15) is 0 Å². The van der Waals surface area contributed by atoms with Gasteiger partial charge in [-0.3, -0.25) is 4.98 Å². The summed E-state index contributed by atoms with van der Waals surface area (Å²) in [7, 11) is 2.73. The van der Waals surface area contributed by atoms with Crippen LogP contribution in [0.25, 0.3) is 6.08 Å². The number of hydrogen-bond donors (Lipinski definition) is 0. The topological polar surface area (TPSA) is 83.3 Å². The van der Waals surface area contributed by atoms with Gasteiger partial charge in [0.25, 0.3) is 0 Å². The van der Waals surface area contributed by atoms with Gasteiger partial charge in [-0.15, -0.1) is 11.3 Å². The molecule has 7 nitrogen and oxygen atoms in total. The molecule has 3 rings (SSSR count). The zero-order valence-electron chi connectivity index (χ0n) is 18.5. The molecular weight excluding hydrogens is 426 g/mol. The summed E-state index contributed by atoms with van der Waals surface area (Å²) in [5.74, 6) is 0.148. The molecule has 0 spiro atoms. The van der Waals surface area contributed by atoms with E-state index in [1.165, 1.54) is 20.4 Å². The van der Waals surface area contributed by atoms with Crippen molar-refractivity contribution in [2.45, 2.75) is 39.2 Å². The third-order valence-corrected chi connectivity index (χ3v) is 5.88. The number of unbranched alkanes of at least 4 members (excludes halogenated alkanes) is 1. The number of hydrogen-bond acceptors (Lipinski definition) is 7. The molecule has 168 valence electrons. The van der Waals surface area contributed by atoms with Crippen molar-refractivity contribution in [2.75, 3.05) is 14.2 Å². The second-order valence-electron chi connectivity index (χ2n) is 7.24. The van der Waals surface area contributed by atoms with Crippen molar-refractivity contribution >= 4 is 29.4 Å². The van der Waals surface area contributed by atoms with E-state index in [0.717, 1.165) is 41.4 Å². The van der Waals surface area contributed by atoms with Gasteiger partial charge in [-0.05, 0) is 36.1 Å². The maximum absolute atomic E-state index is 12.4. The van der Waals surface area contributed by atoms with Gasteiger partial charge in [0, 0.05) is 29.5 Å². The molecule has 0 fully saturated rings. The van der Waals surface area contributed by atoms with Crippen LogP contribution in [0.4, 0.5) is 0 Å². The number of carbonyl (C=O) groups excluding carboxylic acids is 2. The second kappa shape index (κ2) is 11.4. The van der Waals surface area contributed by atoms with Crippen LogP contribution in [0.2, 0.25) is 0 Å². The van der Waals surface area contributed by atoms with Gasteiger partial charge < -0.3 is 14.0 Å². The minimum Gasteiger partial charge on any atom is -0.466 e. The zero-order valence-corrected chi connectivity index (χ0v) is 19.4. The van der Waals surface area contributed by atoms with Gasteiger partial charge >= 0.3 is 11.9 Å². The van der Waals surface area contributed by atoms with E-state index in [0.29, 0.717) is 24.1 Å². The van der Waals surface area contributed by atoms with Crippen molar-refractivity contribution in [3.63, 3.8) is 0 Å². The Kier molecular flexibility index (Phi) is 8.33. The van der Waals surface area contributed by atoms with Crippen LogP contribution in [0.5, 0.6) is 0 Å². The first-order valence-corrected chi connectivity index (χ1v) is 11.3. The number of rotatable bonds is 10. The van der Waals surface area contributed by atoms with Crippen LogP contribution in [-0.4, -0.2) is 40.7 Å². The molecular formula is C24H27N3O4S. The van der Waals surface area contributed by atoms with Crippen molar-refractivity contribution in [3.8, 4) is 0 Å². The summed E-state index contributed by atoms with van der Waals surface area (Å²) in [5, 5.41) is 1.99. The van der Waals surface area contributed by atoms with Gasteiger partial charge in [0.15, 0.2) is 0 Å². The van der Waals surface area contributed by atoms with Crippen LogP contribution in [0.15, 0.2) is 47.6 Å². The summed E-state index contributed by atoms with van der Waals surface area (Å²) in [4.78, 5) is 34.2. The molecule has 0 aliphatic heterocycles. The molecule has 0 N–H and O–H groups in total. The highest BCUT2D eigenvalue weighted by Gasteiger charge is 2.16. The SMILES string of the molecule is CCCCc1ncc(/C=C(\Cc2cccs2)C(=O)OC)n1Cc1ccc(C(=O)OC)cn1. The Labute approximate surface area is 191 Å². The van der Waals surface area contributed by atoms with E-state index in [2.05, 4.69) is 21.5 Å². The zero-order chi connectivity index (χ0) is 22.9.